The summed E-state index contributed by atoms with van der Waals surface area (Å²) in [6, 6.07) is 0. The van der Waals surface area contributed by atoms with Crippen LogP contribution in [0.4, 0.5) is 26.3 Å². The first-order chi connectivity index (χ1) is 7.26. The molecule has 0 atom stereocenters. The molecule has 0 spiro atoms. The van der Waals surface area contributed by atoms with E-state index in [4.69, 9.17) is 0 Å². The number of hydrogen-bond acceptors (Lipinski definition) is 4. The highest BCUT2D eigenvalue weighted by atomic mass is 32.2. The molecule has 11 heteroatoms. The number of halogens is 6. The Kier molecular flexibility index (Phi) is 4.32. The second kappa shape index (κ2) is 4.63. The summed E-state index contributed by atoms with van der Waals surface area (Å²) in [5.41, 5.74) is 0. The number of Topliss-reactive ketones (excluding diaryl/α,β-unsaturated/α-hetero) is 2. The van der Waals surface area contributed by atoms with Crippen molar-refractivity contribution in [3.63, 3.8) is 0 Å². The minimum Gasteiger partial charge on any atom is -0.288 e. The van der Waals surface area contributed by atoms with E-state index in [1.165, 1.54) is 0 Å². The summed E-state index contributed by atoms with van der Waals surface area (Å²) < 4.78 is 91.2. The van der Waals surface area contributed by atoms with E-state index in [-0.39, 0.29) is 0 Å². The lowest BCUT2D eigenvalue weighted by molar-refractivity contribution is -0.168. The van der Waals surface area contributed by atoms with E-state index in [1.54, 1.807) is 0 Å². The first kappa shape index (κ1) is 15.9. The van der Waals surface area contributed by atoms with E-state index in [2.05, 4.69) is 0 Å². The zero-order valence-electron chi connectivity index (χ0n) is 7.72. The Morgan fingerprint density at radius 1 is 0.765 bits per heavy atom. The van der Waals surface area contributed by atoms with E-state index in [9.17, 15) is 44.3 Å². The molecule has 4 nitrogen and oxygen atoms in total. The molecule has 100 valence electrons. The maximum atomic E-state index is 11.6. The van der Waals surface area contributed by atoms with Gasteiger partial charge in [-0.2, -0.15) is 26.3 Å². The van der Waals surface area contributed by atoms with E-state index in [0.29, 0.717) is 0 Å². The maximum Gasteiger partial charge on any atom is 0.451 e. The average molecular weight is 286 g/mol. The molecular weight excluding hydrogens is 282 g/mol. The number of hydrogen-bond donors (Lipinski definition) is 0. The Bertz CT molecular complexity index is 383. The largest absolute Gasteiger partial charge is 0.451 e. The van der Waals surface area contributed by atoms with Crippen molar-refractivity contribution < 1.29 is 44.3 Å². The van der Waals surface area contributed by atoms with Crippen molar-refractivity contribution in [3.05, 3.63) is 0 Å². The number of alkyl halides is 6. The Hall–Kier alpha value is -1.13. The summed E-state index contributed by atoms with van der Waals surface area (Å²) in [5, 5.41) is 0. The summed E-state index contributed by atoms with van der Waals surface area (Å²) in [5.74, 6) is -9.82. The molecule has 17 heavy (non-hydrogen) atoms. The second-order valence-electron chi connectivity index (χ2n) is 2.87. The Morgan fingerprint density at radius 2 is 1.00 bits per heavy atom. The minimum atomic E-state index is -5.48. The molecule has 0 amide bonds. The van der Waals surface area contributed by atoms with Gasteiger partial charge in [0.15, 0.2) is 9.84 Å². The van der Waals surface area contributed by atoms with Gasteiger partial charge in [-0.3, -0.25) is 9.59 Å². The van der Waals surface area contributed by atoms with E-state index in [1.807, 2.05) is 0 Å². The van der Waals surface area contributed by atoms with Crippen molar-refractivity contribution in [2.45, 2.75) is 12.4 Å². The highest BCUT2D eigenvalue weighted by molar-refractivity contribution is 7.92. The van der Waals surface area contributed by atoms with Crippen LogP contribution in [0.3, 0.4) is 0 Å². The van der Waals surface area contributed by atoms with Gasteiger partial charge in [0.2, 0.25) is 0 Å². The topological polar surface area (TPSA) is 68.3 Å². The molecular formula is C6H4F6O4S. The standard InChI is InChI=1S/C6H4F6O4S/c7-5(8,9)3(13)1-17(15,16)2-4(14)6(10,11)12/h1-2H2. The molecule has 0 aromatic rings. The highest BCUT2D eigenvalue weighted by Crippen LogP contribution is 2.19. The van der Waals surface area contributed by atoms with Crippen molar-refractivity contribution in [1.29, 1.82) is 0 Å². The fourth-order valence-electron chi connectivity index (χ4n) is 0.614. The molecule has 0 N–H and O–H groups in total. The van der Waals surface area contributed by atoms with Crippen LogP contribution in [0.15, 0.2) is 0 Å². The van der Waals surface area contributed by atoms with Crippen molar-refractivity contribution >= 4 is 21.4 Å². The summed E-state index contributed by atoms with van der Waals surface area (Å²) in [6.45, 7) is 0. The molecule has 0 bridgehead atoms. The fourth-order valence-corrected chi connectivity index (χ4v) is 1.84. The average Bonchev–Trinajstić information content (AvgIpc) is 1.97. The maximum absolute atomic E-state index is 11.6. The van der Waals surface area contributed by atoms with E-state index < -0.39 is 45.3 Å². The highest BCUT2D eigenvalue weighted by Gasteiger charge is 2.44. The molecule has 0 saturated carbocycles. The van der Waals surface area contributed by atoms with E-state index in [0.717, 1.165) is 0 Å². The lowest BCUT2D eigenvalue weighted by Gasteiger charge is -2.07. The lowest BCUT2D eigenvalue weighted by Crippen LogP contribution is -2.36. The van der Waals surface area contributed by atoms with Gasteiger partial charge in [0.1, 0.15) is 11.5 Å². The molecule has 0 unspecified atom stereocenters. The summed E-state index contributed by atoms with van der Waals surface area (Å²) >= 11 is 0. The predicted molar refractivity (Wildman–Crippen MR) is 40.8 cm³/mol. The first-order valence-electron chi connectivity index (χ1n) is 3.66. The number of ketones is 2. The molecule has 0 aromatic heterocycles. The molecule has 0 fully saturated rings. The third kappa shape index (κ3) is 5.65. The smallest absolute Gasteiger partial charge is 0.288 e. The zero-order chi connectivity index (χ0) is 14.1. The minimum absolute atomic E-state index is 2.18. The fraction of sp³-hybridized carbons (Fsp3) is 0.667. The van der Waals surface area contributed by atoms with Gasteiger partial charge in [-0.05, 0) is 0 Å². The molecule has 0 heterocycles. The van der Waals surface area contributed by atoms with Crippen LogP contribution in [0.2, 0.25) is 0 Å². The number of carbonyl (C=O) groups is 2. The molecule has 0 saturated heterocycles. The summed E-state index contributed by atoms with van der Waals surface area (Å²) in [7, 11) is -5.09. The van der Waals surface area contributed by atoms with Gasteiger partial charge in [-0.15, -0.1) is 0 Å². The zero-order valence-corrected chi connectivity index (χ0v) is 8.54. The molecule has 0 radical (unpaired) electrons. The van der Waals surface area contributed by atoms with Gasteiger partial charge >= 0.3 is 12.4 Å². The Morgan fingerprint density at radius 3 is 1.18 bits per heavy atom. The Labute approximate surface area is 90.5 Å². The summed E-state index contributed by atoms with van der Waals surface area (Å²) in [6.07, 6.45) is -11.0. The molecule has 0 aliphatic heterocycles. The van der Waals surface area contributed by atoms with Gasteiger partial charge in [-0.25, -0.2) is 8.42 Å². The first-order valence-corrected chi connectivity index (χ1v) is 5.48. The molecule has 0 rings (SSSR count). The van der Waals surface area contributed by atoms with Crippen LogP contribution in [0, 0.1) is 0 Å². The monoisotopic (exact) mass is 286 g/mol. The lowest BCUT2D eigenvalue weighted by atomic mass is 10.4. The number of carbonyl (C=O) groups excluding carboxylic acids is 2. The third-order valence-corrected chi connectivity index (χ3v) is 2.74. The molecule has 0 aliphatic carbocycles. The van der Waals surface area contributed by atoms with Crippen LogP contribution in [0.5, 0.6) is 0 Å². The van der Waals surface area contributed by atoms with Crippen LogP contribution >= 0.6 is 0 Å². The summed E-state index contributed by atoms with van der Waals surface area (Å²) in [4.78, 5) is 20.4. The molecule has 0 aromatic carbocycles. The quantitative estimate of drug-likeness (QED) is 0.712. The van der Waals surface area contributed by atoms with Crippen LogP contribution in [0.1, 0.15) is 0 Å². The second-order valence-corrected chi connectivity index (χ2v) is 4.94. The predicted octanol–water partition coefficient (Wildman–Crippen LogP) is 0.664. The molecule has 0 aliphatic rings. The van der Waals surface area contributed by atoms with Gasteiger partial charge in [0.05, 0.1) is 0 Å². The van der Waals surface area contributed by atoms with Crippen LogP contribution in [0.25, 0.3) is 0 Å². The van der Waals surface area contributed by atoms with Crippen molar-refractivity contribution in [2.24, 2.45) is 0 Å². The number of rotatable bonds is 4. The van der Waals surface area contributed by atoms with Crippen LogP contribution in [-0.4, -0.2) is 43.8 Å². The van der Waals surface area contributed by atoms with Gasteiger partial charge < -0.3 is 0 Å². The Balaban J connectivity index is 4.75. The van der Waals surface area contributed by atoms with Crippen LogP contribution in [-0.2, 0) is 19.4 Å². The van der Waals surface area contributed by atoms with Crippen molar-refractivity contribution in [3.8, 4) is 0 Å². The van der Waals surface area contributed by atoms with E-state index >= 15 is 0 Å². The van der Waals surface area contributed by atoms with Gasteiger partial charge in [-0.1, -0.05) is 0 Å². The van der Waals surface area contributed by atoms with Crippen molar-refractivity contribution in [2.75, 3.05) is 11.5 Å². The van der Waals surface area contributed by atoms with Gasteiger partial charge in [0, 0.05) is 0 Å². The number of sulfone groups is 1. The van der Waals surface area contributed by atoms with Gasteiger partial charge in [0.25, 0.3) is 11.6 Å². The third-order valence-electron chi connectivity index (χ3n) is 1.33. The van der Waals surface area contributed by atoms with Crippen molar-refractivity contribution in [1.82, 2.24) is 0 Å². The SMILES string of the molecule is O=C(CS(=O)(=O)CC(=O)C(F)(F)F)C(F)(F)F. The van der Waals surface area contributed by atoms with Crippen LogP contribution < -0.4 is 0 Å². The normalized spacial score (nSPS) is 13.5.